The fraction of sp³-hybridized carbons (Fsp3) is 0.385. The molecule has 0 aliphatic heterocycles. The monoisotopic (exact) mass is 233 g/mol. The molecule has 1 aromatic carbocycles. The molecule has 0 amide bonds. The van der Waals surface area contributed by atoms with Gasteiger partial charge in [0.15, 0.2) is 0 Å². The Morgan fingerprint density at radius 2 is 2.29 bits per heavy atom. The molecule has 17 heavy (non-hydrogen) atoms. The van der Waals surface area contributed by atoms with Gasteiger partial charge in [-0.05, 0) is 24.3 Å². The third kappa shape index (κ3) is 2.71. The summed E-state index contributed by atoms with van der Waals surface area (Å²) in [5.74, 6) is 0.484. The average molecular weight is 233 g/mol. The molecule has 1 aliphatic rings. The van der Waals surface area contributed by atoms with E-state index in [1.165, 1.54) is 0 Å². The van der Waals surface area contributed by atoms with Crippen molar-refractivity contribution < 1.29 is 9.66 Å². The van der Waals surface area contributed by atoms with E-state index >= 15 is 0 Å². The molecule has 1 fully saturated rings. The van der Waals surface area contributed by atoms with Crippen LogP contribution in [0.4, 0.5) is 5.69 Å². The van der Waals surface area contributed by atoms with Crippen LogP contribution in [0.3, 0.4) is 0 Å². The summed E-state index contributed by atoms with van der Waals surface area (Å²) >= 11 is 0. The Labute approximate surface area is 100 Å². The van der Waals surface area contributed by atoms with Crippen LogP contribution in [0.15, 0.2) is 30.9 Å². The van der Waals surface area contributed by atoms with E-state index in [1.54, 1.807) is 18.2 Å². The normalized spacial score (nSPS) is 14.6. The molecule has 1 aromatic rings. The van der Waals surface area contributed by atoms with Crippen LogP contribution in [0, 0.1) is 10.1 Å². The van der Waals surface area contributed by atoms with Gasteiger partial charge in [0.1, 0.15) is 0 Å². The summed E-state index contributed by atoms with van der Waals surface area (Å²) in [6.07, 6.45) is 3.89. The zero-order chi connectivity index (χ0) is 12.3. The maximum Gasteiger partial charge on any atom is 0.275 e. The largest absolute Gasteiger partial charge is 0.372 e. The lowest BCUT2D eigenvalue weighted by molar-refractivity contribution is -0.386. The molecule has 0 bridgehead atoms. The van der Waals surface area contributed by atoms with Crippen molar-refractivity contribution in [2.45, 2.75) is 25.4 Å². The van der Waals surface area contributed by atoms with Crippen molar-refractivity contribution in [2.75, 3.05) is 6.61 Å². The first kappa shape index (κ1) is 11.8. The number of nitro groups is 1. The molecule has 1 saturated carbocycles. The fourth-order valence-corrected chi connectivity index (χ4v) is 1.94. The highest BCUT2D eigenvalue weighted by Gasteiger charge is 2.29. The predicted octanol–water partition coefficient (Wildman–Crippen LogP) is 3.17. The van der Waals surface area contributed by atoms with Gasteiger partial charge in [-0.15, -0.1) is 6.58 Å². The highest BCUT2D eigenvalue weighted by atomic mass is 16.6. The number of benzene rings is 1. The fourth-order valence-electron chi connectivity index (χ4n) is 1.94. The minimum Gasteiger partial charge on any atom is -0.372 e. The van der Waals surface area contributed by atoms with Crippen LogP contribution in [0.2, 0.25) is 0 Å². The van der Waals surface area contributed by atoms with E-state index in [2.05, 4.69) is 6.58 Å². The van der Waals surface area contributed by atoms with E-state index in [4.69, 9.17) is 4.74 Å². The number of nitro benzene ring substituents is 1. The molecule has 0 N–H and O–H groups in total. The smallest absolute Gasteiger partial charge is 0.275 e. The quantitative estimate of drug-likeness (QED) is 0.328. The highest BCUT2D eigenvalue weighted by Crippen LogP contribution is 2.43. The van der Waals surface area contributed by atoms with Crippen LogP contribution in [0.1, 0.15) is 29.9 Å². The van der Waals surface area contributed by atoms with Gasteiger partial charge in [-0.2, -0.15) is 0 Å². The summed E-state index contributed by atoms with van der Waals surface area (Å²) in [4.78, 5) is 10.6. The third-order valence-corrected chi connectivity index (χ3v) is 2.88. The molecule has 0 heterocycles. The van der Waals surface area contributed by atoms with Gasteiger partial charge in [0.2, 0.25) is 0 Å². The number of hydrogen-bond donors (Lipinski definition) is 0. The summed E-state index contributed by atoms with van der Waals surface area (Å²) in [6, 6.07) is 5.26. The van der Waals surface area contributed by atoms with Gasteiger partial charge in [0.05, 0.1) is 23.7 Å². The van der Waals surface area contributed by atoms with Gasteiger partial charge in [-0.25, -0.2) is 0 Å². The Bertz CT molecular complexity index is 438. The summed E-state index contributed by atoms with van der Waals surface area (Å²) in [7, 11) is 0. The van der Waals surface area contributed by atoms with Crippen LogP contribution in [-0.2, 0) is 11.3 Å². The number of ether oxygens (including phenoxy) is 1. The van der Waals surface area contributed by atoms with Crippen LogP contribution in [0.25, 0.3) is 0 Å². The Hall–Kier alpha value is -1.68. The minimum absolute atomic E-state index is 0.165. The zero-order valence-corrected chi connectivity index (χ0v) is 9.59. The Morgan fingerprint density at radius 1 is 1.53 bits per heavy atom. The van der Waals surface area contributed by atoms with Gasteiger partial charge in [0, 0.05) is 6.07 Å². The lowest BCUT2D eigenvalue weighted by Crippen LogP contribution is -2.02. The molecule has 0 saturated heterocycles. The maximum atomic E-state index is 11.0. The first-order chi connectivity index (χ1) is 8.24. The van der Waals surface area contributed by atoms with Crippen molar-refractivity contribution in [2.24, 2.45) is 0 Å². The first-order valence-corrected chi connectivity index (χ1v) is 5.69. The standard InChI is InChI=1S/C13H15NO3/c1-2-8-17-9-12-11(10-6-7-10)4-3-5-13(12)14(15)16/h2-5,10H,1,6-9H2. The molecular formula is C13H15NO3. The van der Waals surface area contributed by atoms with E-state index in [1.807, 2.05) is 6.07 Å². The summed E-state index contributed by atoms with van der Waals surface area (Å²) in [5, 5.41) is 11.0. The lowest BCUT2D eigenvalue weighted by Gasteiger charge is -2.09. The molecule has 0 radical (unpaired) electrons. The van der Waals surface area contributed by atoms with Crippen molar-refractivity contribution in [3.63, 3.8) is 0 Å². The molecule has 2 rings (SSSR count). The molecule has 0 unspecified atom stereocenters. The van der Waals surface area contributed by atoms with Crippen molar-refractivity contribution in [3.05, 3.63) is 52.1 Å². The van der Waals surface area contributed by atoms with Gasteiger partial charge in [0.25, 0.3) is 5.69 Å². The van der Waals surface area contributed by atoms with Gasteiger partial charge in [-0.1, -0.05) is 18.2 Å². The lowest BCUT2D eigenvalue weighted by atomic mass is 10.0. The number of rotatable bonds is 6. The van der Waals surface area contributed by atoms with E-state index in [0.29, 0.717) is 12.5 Å². The van der Waals surface area contributed by atoms with Crippen molar-refractivity contribution in [1.29, 1.82) is 0 Å². The number of nitrogens with zero attached hydrogens (tertiary/aromatic N) is 1. The maximum absolute atomic E-state index is 11.0. The molecule has 4 nitrogen and oxygen atoms in total. The highest BCUT2D eigenvalue weighted by molar-refractivity contribution is 5.47. The average Bonchev–Trinajstić information content (AvgIpc) is 3.13. The molecule has 1 aliphatic carbocycles. The number of hydrogen-bond acceptors (Lipinski definition) is 3. The van der Waals surface area contributed by atoms with Crippen molar-refractivity contribution in [1.82, 2.24) is 0 Å². The second kappa shape index (κ2) is 5.10. The SMILES string of the molecule is C=CCOCc1c(C2CC2)cccc1[N+](=O)[O-]. The van der Waals surface area contributed by atoms with Gasteiger partial charge >= 0.3 is 0 Å². The zero-order valence-electron chi connectivity index (χ0n) is 9.59. The second-order valence-electron chi connectivity index (χ2n) is 4.18. The molecule has 0 atom stereocenters. The first-order valence-electron chi connectivity index (χ1n) is 5.69. The van der Waals surface area contributed by atoms with Crippen molar-refractivity contribution >= 4 is 5.69 Å². The van der Waals surface area contributed by atoms with Crippen LogP contribution < -0.4 is 0 Å². The van der Waals surface area contributed by atoms with Gasteiger partial charge in [-0.3, -0.25) is 10.1 Å². The van der Waals surface area contributed by atoms with E-state index in [0.717, 1.165) is 24.0 Å². The summed E-state index contributed by atoms with van der Waals surface area (Å²) in [6.45, 7) is 4.26. The molecule has 0 aromatic heterocycles. The summed E-state index contributed by atoms with van der Waals surface area (Å²) < 4.78 is 5.36. The molecule has 90 valence electrons. The minimum atomic E-state index is -0.335. The van der Waals surface area contributed by atoms with Crippen LogP contribution >= 0.6 is 0 Å². The topological polar surface area (TPSA) is 52.4 Å². The molecule has 0 spiro atoms. The molecule has 4 heteroatoms. The van der Waals surface area contributed by atoms with E-state index in [9.17, 15) is 10.1 Å². The molecular weight excluding hydrogens is 218 g/mol. The second-order valence-corrected chi connectivity index (χ2v) is 4.18. The van der Waals surface area contributed by atoms with E-state index < -0.39 is 0 Å². The Balaban J connectivity index is 2.28. The van der Waals surface area contributed by atoms with E-state index in [-0.39, 0.29) is 17.2 Å². The van der Waals surface area contributed by atoms with Crippen LogP contribution in [-0.4, -0.2) is 11.5 Å². The van der Waals surface area contributed by atoms with Crippen molar-refractivity contribution in [3.8, 4) is 0 Å². The Kier molecular flexibility index (Phi) is 3.54. The van der Waals surface area contributed by atoms with Gasteiger partial charge < -0.3 is 4.74 Å². The third-order valence-electron chi connectivity index (χ3n) is 2.88. The van der Waals surface area contributed by atoms with Crippen LogP contribution in [0.5, 0.6) is 0 Å². The summed E-state index contributed by atoms with van der Waals surface area (Å²) in [5.41, 5.74) is 1.96. The Morgan fingerprint density at radius 3 is 2.88 bits per heavy atom. The predicted molar refractivity (Wildman–Crippen MR) is 64.9 cm³/mol.